The maximum atomic E-state index is 6.46. The zero-order valence-electron chi connectivity index (χ0n) is 41.3. The van der Waals surface area contributed by atoms with E-state index in [2.05, 4.69) is 264 Å². The number of rotatable bonds is 9. The monoisotopic (exact) mass is 970 g/mol. The van der Waals surface area contributed by atoms with Crippen molar-refractivity contribution in [2.24, 2.45) is 0 Å². The third kappa shape index (κ3) is 7.38. The second-order valence-corrected chi connectivity index (χ2v) is 19.6. The second kappa shape index (κ2) is 17.8. The van der Waals surface area contributed by atoms with Crippen LogP contribution in [0.15, 0.2) is 288 Å². The summed E-state index contributed by atoms with van der Waals surface area (Å²) in [6, 6.07) is 100. The normalized spacial score (nSPS) is 11.7. The summed E-state index contributed by atoms with van der Waals surface area (Å²) in [5.41, 5.74) is 21.7. The molecule has 4 heteroatoms. The molecule has 356 valence electrons. The quantitative estimate of drug-likeness (QED) is 0.145. The Hall–Kier alpha value is -10.2. The molecule has 15 aromatic rings. The fourth-order valence-corrected chi connectivity index (χ4v) is 11.5. The molecule has 0 aliphatic rings. The van der Waals surface area contributed by atoms with Gasteiger partial charge in [0.15, 0.2) is 0 Å². The molecule has 0 saturated heterocycles. The van der Waals surface area contributed by atoms with Crippen molar-refractivity contribution >= 4 is 82.7 Å². The summed E-state index contributed by atoms with van der Waals surface area (Å²) in [4.78, 5) is 2.35. The van der Waals surface area contributed by atoms with Crippen molar-refractivity contribution in [3.05, 3.63) is 279 Å². The molecule has 12 aromatic carbocycles. The van der Waals surface area contributed by atoms with Crippen molar-refractivity contribution in [1.82, 2.24) is 4.57 Å². The third-order valence-corrected chi connectivity index (χ3v) is 15.2. The first-order chi connectivity index (χ1) is 37.6. The number of benzene rings is 12. The summed E-state index contributed by atoms with van der Waals surface area (Å²) >= 11 is 0. The number of anilines is 3. The van der Waals surface area contributed by atoms with Gasteiger partial charge in [0.1, 0.15) is 22.3 Å². The highest BCUT2D eigenvalue weighted by Crippen LogP contribution is 2.42. The Kier molecular flexibility index (Phi) is 10.2. The molecular formula is C72H46N2O2. The fraction of sp³-hybridized carbons (Fsp3) is 0. The fourth-order valence-electron chi connectivity index (χ4n) is 11.5. The van der Waals surface area contributed by atoms with E-state index in [-0.39, 0.29) is 0 Å². The molecule has 0 aliphatic heterocycles. The molecule has 3 heterocycles. The summed E-state index contributed by atoms with van der Waals surface area (Å²) in [6.45, 7) is 0. The number of fused-ring (bicyclic) bond motifs is 9. The van der Waals surface area contributed by atoms with Crippen LogP contribution in [0.2, 0.25) is 0 Å². The Morgan fingerprint density at radius 1 is 0.250 bits per heavy atom. The molecule has 4 nitrogen and oxygen atoms in total. The van der Waals surface area contributed by atoms with E-state index in [0.29, 0.717) is 0 Å². The van der Waals surface area contributed by atoms with Crippen molar-refractivity contribution in [2.75, 3.05) is 4.90 Å². The van der Waals surface area contributed by atoms with Gasteiger partial charge in [0.25, 0.3) is 0 Å². The van der Waals surface area contributed by atoms with E-state index >= 15 is 0 Å². The van der Waals surface area contributed by atoms with Crippen LogP contribution in [-0.4, -0.2) is 4.57 Å². The molecule has 0 saturated carbocycles. The molecule has 3 aromatic heterocycles. The van der Waals surface area contributed by atoms with Gasteiger partial charge in [0, 0.05) is 60.6 Å². The van der Waals surface area contributed by atoms with E-state index in [1.165, 1.54) is 21.8 Å². The highest BCUT2D eigenvalue weighted by Gasteiger charge is 2.18. The maximum absolute atomic E-state index is 6.46. The lowest BCUT2D eigenvalue weighted by atomic mass is 9.97. The summed E-state index contributed by atoms with van der Waals surface area (Å²) in [5, 5.41) is 7.03. The van der Waals surface area contributed by atoms with Crippen LogP contribution in [0.5, 0.6) is 0 Å². The third-order valence-electron chi connectivity index (χ3n) is 15.2. The average Bonchev–Trinajstić information content (AvgIpc) is 4.19. The largest absolute Gasteiger partial charge is 0.456 e. The van der Waals surface area contributed by atoms with Gasteiger partial charge in [-0.1, -0.05) is 182 Å². The number of furan rings is 2. The maximum Gasteiger partial charge on any atom is 0.143 e. The Labute approximate surface area is 439 Å². The standard InChI is InChI=1S/C72H46N2O2/c1-5-25-67-61(19-1)62-20-2-6-26-68(62)74(67)59-18-11-16-53(45-59)49-33-40-58(41-34-49)73(56-36-29-47(30-37-56)50-13-9-15-52(43-50)54-35-42-71-66(46-54)64-22-4-7-27-69(64)75-71)57-38-31-48(32-39-57)51-14-10-17-55(44-51)60-23-12-24-65-63-21-3-8-28-70(63)76-72(60)65/h1-46H. The van der Waals surface area contributed by atoms with Crippen molar-refractivity contribution in [2.45, 2.75) is 0 Å². The van der Waals surface area contributed by atoms with Crippen molar-refractivity contribution < 1.29 is 8.83 Å². The Balaban J connectivity index is 0.781. The first kappa shape index (κ1) is 43.4. The molecule has 15 rings (SSSR count). The van der Waals surface area contributed by atoms with Gasteiger partial charge in [-0.25, -0.2) is 0 Å². The van der Waals surface area contributed by atoms with E-state index in [4.69, 9.17) is 8.83 Å². The van der Waals surface area contributed by atoms with Crippen LogP contribution >= 0.6 is 0 Å². The summed E-state index contributed by atoms with van der Waals surface area (Å²) in [6.07, 6.45) is 0. The molecule has 0 bridgehead atoms. The minimum atomic E-state index is 0.901. The van der Waals surface area contributed by atoms with E-state index in [1.807, 2.05) is 24.3 Å². The molecule has 0 fully saturated rings. The lowest BCUT2D eigenvalue weighted by molar-refractivity contribution is 0.669. The van der Waals surface area contributed by atoms with E-state index in [9.17, 15) is 0 Å². The lowest BCUT2D eigenvalue weighted by Crippen LogP contribution is -2.09. The van der Waals surface area contributed by atoms with Gasteiger partial charge in [-0.05, 0) is 147 Å². The summed E-state index contributed by atoms with van der Waals surface area (Å²) in [7, 11) is 0. The number of para-hydroxylation sites is 5. The highest BCUT2D eigenvalue weighted by atomic mass is 16.3. The Bertz CT molecular complexity index is 4640. The zero-order valence-corrected chi connectivity index (χ0v) is 41.3. The zero-order chi connectivity index (χ0) is 50.1. The first-order valence-electron chi connectivity index (χ1n) is 25.9. The van der Waals surface area contributed by atoms with Gasteiger partial charge >= 0.3 is 0 Å². The Morgan fingerprint density at radius 3 is 1.26 bits per heavy atom. The SMILES string of the molecule is c1cc(-c2ccc(N(c3ccc(-c4cccc(-c5cccc6c5oc5ccccc56)c4)cc3)c3ccc(-c4cccc(-n5c6ccccc6c6ccccc65)c4)cc3)cc2)cc(-c2ccc3oc4ccccc4c3c2)c1. The lowest BCUT2D eigenvalue weighted by Gasteiger charge is -2.26. The van der Waals surface area contributed by atoms with Gasteiger partial charge in [0.2, 0.25) is 0 Å². The molecule has 0 N–H and O–H groups in total. The molecular weight excluding hydrogens is 925 g/mol. The van der Waals surface area contributed by atoms with Crippen LogP contribution in [0.1, 0.15) is 0 Å². The van der Waals surface area contributed by atoms with Crippen LogP contribution in [0.25, 0.3) is 127 Å². The molecule has 0 atom stereocenters. The number of hydrogen-bond acceptors (Lipinski definition) is 3. The smallest absolute Gasteiger partial charge is 0.143 e. The van der Waals surface area contributed by atoms with Gasteiger partial charge < -0.3 is 18.3 Å². The van der Waals surface area contributed by atoms with Crippen molar-refractivity contribution in [3.8, 4) is 61.3 Å². The minimum absolute atomic E-state index is 0.901. The molecule has 0 radical (unpaired) electrons. The first-order valence-corrected chi connectivity index (χ1v) is 25.9. The van der Waals surface area contributed by atoms with Crippen molar-refractivity contribution in [1.29, 1.82) is 0 Å². The second-order valence-electron chi connectivity index (χ2n) is 19.6. The van der Waals surface area contributed by atoms with E-state index in [0.717, 1.165) is 122 Å². The molecule has 0 aliphatic carbocycles. The summed E-state index contributed by atoms with van der Waals surface area (Å²) in [5.74, 6) is 0. The molecule has 76 heavy (non-hydrogen) atoms. The van der Waals surface area contributed by atoms with Crippen molar-refractivity contribution in [3.63, 3.8) is 0 Å². The van der Waals surface area contributed by atoms with Crippen LogP contribution in [-0.2, 0) is 0 Å². The minimum Gasteiger partial charge on any atom is -0.456 e. The van der Waals surface area contributed by atoms with Crippen LogP contribution < -0.4 is 4.90 Å². The predicted octanol–water partition coefficient (Wildman–Crippen LogP) is 20.4. The van der Waals surface area contributed by atoms with Crippen LogP contribution in [0.3, 0.4) is 0 Å². The van der Waals surface area contributed by atoms with Gasteiger partial charge in [-0.2, -0.15) is 0 Å². The number of nitrogens with zero attached hydrogens (tertiary/aromatic N) is 2. The van der Waals surface area contributed by atoms with Gasteiger partial charge in [-0.15, -0.1) is 0 Å². The average molecular weight is 971 g/mol. The van der Waals surface area contributed by atoms with Crippen LogP contribution in [0.4, 0.5) is 17.1 Å². The topological polar surface area (TPSA) is 34.5 Å². The van der Waals surface area contributed by atoms with Gasteiger partial charge in [0.05, 0.1) is 11.0 Å². The predicted molar refractivity (Wildman–Crippen MR) is 317 cm³/mol. The van der Waals surface area contributed by atoms with E-state index < -0.39 is 0 Å². The molecule has 0 unspecified atom stereocenters. The highest BCUT2D eigenvalue weighted by molar-refractivity contribution is 6.11. The van der Waals surface area contributed by atoms with E-state index in [1.54, 1.807) is 0 Å². The Morgan fingerprint density at radius 2 is 0.658 bits per heavy atom. The summed E-state index contributed by atoms with van der Waals surface area (Å²) < 4.78 is 15.0. The van der Waals surface area contributed by atoms with Crippen LogP contribution in [0, 0.1) is 0 Å². The van der Waals surface area contributed by atoms with Gasteiger partial charge in [-0.3, -0.25) is 0 Å². The number of aromatic nitrogens is 1. The number of hydrogen-bond donors (Lipinski definition) is 0. The molecule has 0 amide bonds. The molecule has 0 spiro atoms.